The molecule has 0 bridgehead atoms. The van der Waals surface area contributed by atoms with Gasteiger partial charge in [0.1, 0.15) is 0 Å². The van der Waals surface area contributed by atoms with Crippen molar-refractivity contribution in [1.29, 1.82) is 0 Å². The van der Waals surface area contributed by atoms with Crippen molar-refractivity contribution in [1.82, 2.24) is 0 Å². The van der Waals surface area contributed by atoms with Crippen LogP contribution in [0.3, 0.4) is 0 Å². The molecule has 0 aromatic rings. The van der Waals surface area contributed by atoms with Gasteiger partial charge in [-0.25, -0.2) is 0 Å². The average Bonchev–Trinajstić information content (AvgIpc) is 2.24. The van der Waals surface area contributed by atoms with E-state index < -0.39 is 0 Å². The molecule has 0 aromatic heterocycles. The maximum Gasteiger partial charge on any atom is 0.306 e. The summed E-state index contributed by atoms with van der Waals surface area (Å²) in [6, 6.07) is 0. The number of hydrogen-bond acceptors (Lipinski definition) is 3. The summed E-state index contributed by atoms with van der Waals surface area (Å²) in [5.41, 5.74) is -0.0307. The van der Waals surface area contributed by atoms with Gasteiger partial charge in [-0.3, -0.25) is 4.79 Å². The Labute approximate surface area is 106 Å². The van der Waals surface area contributed by atoms with Crippen LogP contribution >= 0.6 is 0 Å². The van der Waals surface area contributed by atoms with Gasteiger partial charge >= 0.3 is 5.97 Å². The van der Waals surface area contributed by atoms with Crippen LogP contribution in [-0.2, 0) is 14.3 Å². The molecule has 0 amide bonds. The van der Waals surface area contributed by atoms with Crippen molar-refractivity contribution < 1.29 is 14.3 Å². The summed E-state index contributed by atoms with van der Waals surface area (Å²) in [7, 11) is 0. The minimum absolute atomic E-state index is 0.0307. The first-order valence-electron chi connectivity index (χ1n) is 6.75. The molecule has 0 heterocycles. The number of esters is 1. The predicted octanol–water partition coefficient (Wildman–Crippen LogP) is 3.56. The maximum absolute atomic E-state index is 11.6. The first-order chi connectivity index (χ1) is 8.02. The Kier molecular flexibility index (Phi) is 9.14. The quantitative estimate of drug-likeness (QED) is 0.435. The minimum Gasteiger partial charge on any atom is -0.466 e. The summed E-state index contributed by atoms with van der Waals surface area (Å²) in [5.74, 6) is -0.0843. The molecular weight excluding hydrogens is 216 g/mol. The van der Waals surface area contributed by atoms with Gasteiger partial charge in [0.05, 0.1) is 13.0 Å². The van der Waals surface area contributed by atoms with E-state index in [0.717, 1.165) is 38.9 Å². The standard InChI is InChI=1S/C14H28O3/c1-5-7-10-17-13(15)12-14(3,4)8-11-16-9-6-2/h5-12H2,1-4H3. The van der Waals surface area contributed by atoms with Crippen LogP contribution < -0.4 is 0 Å². The van der Waals surface area contributed by atoms with Crippen molar-refractivity contribution in [2.45, 2.75) is 59.8 Å². The first-order valence-corrected chi connectivity index (χ1v) is 6.75. The van der Waals surface area contributed by atoms with Gasteiger partial charge in [-0.1, -0.05) is 34.1 Å². The molecule has 0 aliphatic heterocycles. The lowest BCUT2D eigenvalue weighted by Gasteiger charge is -2.23. The summed E-state index contributed by atoms with van der Waals surface area (Å²) >= 11 is 0. The highest BCUT2D eigenvalue weighted by Gasteiger charge is 2.22. The van der Waals surface area contributed by atoms with Crippen molar-refractivity contribution in [2.75, 3.05) is 19.8 Å². The monoisotopic (exact) mass is 244 g/mol. The molecule has 0 aliphatic rings. The number of hydrogen-bond donors (Lipinski definition) is 0. The van der Waals surface area contributed by atoms with E-state index in [9.17, 15) is 4.79 Å². The van der Waals surface area contributed by atoms with Crippen molar-refractivity contribution in [3.05, 3.63) is 0 Å². The van der Waals surface area contributed by atoms with Crippen molar-refractivity contribution >= 4 is 5.97 Å². The lowest BCUT2D eigenvalue weighted by Crippen LogP contribution is -2.21. The number of rotatable bonds is 10. The molecular formula is C14H28O3. The molecule has 0 rings (SSSR count). The van der Waals surface area contributed by atoms with E-state index in [-0.39, 0.29) is 11.4 Å². The van der Waals surface area contributed by atoms with Crippen LogP contribution in [0.5, 0.6) is 0 Å². The summed E-state index contributed by atoms with van der Waals surface area (Å²) in [6.07, 6.45) is 4.43. The number of carbonyl (C=O) groups excluding carboxylic acids is 1. The fraction of sp³-hybridized carbons (Fsp3) is 0.929. The van der Waals surface area contributed by atoms with Crippen LogP contribution in [0.2, 0.25) is 0 Å². The SMILES string of the molecule is CCCCOC(=O)CC(C)(C)CCOCCC. The van der Waals surface area contributed by atoms with E-state index in [0.29, 0.717) is 13.0 Å². The van der Waals surface area contributed by atoms with Gasteiger partial charge in [0.2, 0.25) is 0 Å². The zero-order valence-corrected chi connectivity index (χ0v) is 11.9. The molecule has 3 nitrogen and oxygen atoms in total. The molecule has 0 atom stereocenters. The lowest BCUT2D eigenvalue weighted by molar-refractivity contribution is -0.146. The normalized spacial score (nSPS) is 11.5. The summed E-state index contributed by atoms with van der Waals surface area (Å²) in [5, 5.41) is 0. The minimum atomic E-state index is -0.0843. The molecule has 17 heavy (non-hydrogen) atoms. The molecule has 0 aromatic carbocycles. The van der Waals surface area contributed by atoms with Crippen LogP contribution in [0.1, 0.15) is 59.8 Å². The van der Waals surface area contributed by atoms with Gasteiger partial charge in [-0.2, -0.15) is 0 Å². The molecule has 0 radical (unpaired) electrons. The fourth-order valence-corrected chi connectivity index (χ4v) is 1.46. The third kappa shape index (κ3) is 10.3. The largest absolute Gasteiger partial charge is 0.466 e. The molecule has 3 heteroatoms. The Hall–Kier alpha value is -0.570. The van der Waals surface area contributed by atoms with E-state index in [1.165, 1.54) is 0 Å². The van der Waals surface area contributed by atoms with E-state index in [4.69, 9.17) is 9.47 Å². The Bertz CT molecular complexity index is 200. The number of ether oxygens (including phenoxy) is 2. The molecule has 0 N–H and O–H groups in total. The smallest absolute Gasteiger partial charge is 0.306 e. The summed E-state index contributed by atoms with van der Waals surface area (Å²) in [4.78, 5) is 11.6. The van der Waals surface area contributed by atoms with Gasteiger partial charge < -0.3 is 9.47 Å². The lowest BCUT2D eigenvalue weighted by atomic mass is 9.86. The van der Waals surface area contributed by atoms with E-state index in [2.05, 4.69) is 27.7 Å². The molecule has 0 spiro atoms. The highest BCUT2D eigenvalue weighted by molar-refractivity contribution is 5.70. The van der Waals surface area contributed by atoms with Gasteiger partial charge in [0.15, 0.2) is 0 Å². The second kappa shape index (κ2) is 9.46. The molecule has 0 fully saturated rings. The number of carbonyl (C=O) groups is 1. The van der Waals surface area contributed by atoms with Crippen LogP contribution in [0, 0.1) is 5.41 Å². The Balaban J connectivity index is 3.70. The Morgan fingerprint density at radius 1 is 1.06 bits per heavy atom. The van der Waals surface area contributed by atoms with E-state index in [1.807, 2.05) is 0 Å². The third-order valence-corrected chi connectivity index (χ3v) is 2.66. The van der Waals surface area contributed by atoms with E-state index in [1.54, 1.807) is 0 Å². The summed E-state index contributed by atoms with van der Waals surface area (Å²) in [6.45, 7) is 10.4. The van der Waals surface area contributed by atoms with Gasteiger partial charge in [-0.15, -0.1) is 0 Å². The van der Waals surface area contributed by atoms with Gasteiger partial charge in [0.25, 0.3) is 0 Å². The zero-order chi connectivity index (χ0) is 13.1. The predicted molar refractivity (Wildman–Crippen MR) is 70.0 cm³/mol. The molecule has 0 unspecified atom stereocenters. The van der Waals surface area contributed by atoms with Gasteiger partial charge in [0, 0.05) is 13.2 Å². The second-order valence-corrected chi connectivity index (χ2v) is 5.28. The molecule has 0 aliphatic carbocycles. The third-order valence-electron chi connectivity index (χ3n) is 2.66. The van der Waals surface area contributed by atoms with Crippen LogP contribution in [0.4, 0.5) is 0 Å². The number of unbranched alkanes of at least 4 members (excludes halogenated alkanes) is 1. The zero-order valence-electron chi connectivity index (χ0n) is 11.9. The highest BCUT2D eigenvalue weighted by Crippen LogP contribution is 2.25. The van der Waals surface area contributed by atoms with Crippen molar-refractivity contribution in [3.63, 3.8) is 0 Å². The average molecular weight is 244 g/mol. The fourth-order valence-electron chi connectivity index (χ4n) is 1.46. The molecule has 102 valence electrons. The molecule has 0 saturated heterocycles. The van der Waals surface area contributed by atoms with Crippen LogP contribution in [0.15, 0.2) is 0 Å². The topological polar surface area (TPSA) is 35.5 Å². The van der Waals surface area contributed by atoms with Crippen molar-refractivity contribution in [3.8, 4) is 0 Å². The van der Waals surface area contributed by atoms with Crippen molar-refractivity contribution in [2.24, 2.45) is 5.41 Å². The second-order valence-electron chi connectivity index (χ2n) is 5.28. The van der Waals surface area contributed by atoms with Crippen LogP contribution in [0.25, 0.3) is 0 Å². The molecule has 0 saturated carbocycles. The first kappa shape index (κ1) is 16.4. The Morgan fingerprint density at radius 2 is 1.76 bits per heavy atom. The van der Waals surface area contributed by atoms with Crippen LogP contribution in [-0.4, -0.2) is 25.8 Å². The summed E-state index contributed by atoms with van der Waals surface area (Å²) < 4.78 is 10.6. The van der Waals surface area contributed by atoms with E-state index >= 15 is 0 Å². The van der Waals surface area contributed by atoms with Gasteiger partial charge in [-0.05, 0) is 24.7 Å². The maximum atomic E-state index is 11.6. The highest BCUT2D eigenvalue weighted by atomic mass is 16.5. The Morgan fingerprint density at radius 3 is 2.35 bits per heavy atom.